The Morgan fingerprint density at radius 2 is 1.79 bits per heavy atom. The molecule has 9 heteroatoms. The number of aryl methyl sites for hydroxylation is 1. The first-order valence-electron chi connectivity index (χ1n) is 8.59. The largest absolute Gasteiger partial charge is 0.497 e. The number of carbonyl (C=O) groups is 2. The highest BCUT2D eigenvalue weighted by molar-refractivity contribution is 7.20. The molecule has 2 aromatic carbocycles. The summed E-state index contributed by atoms with van der Waals surface area (Å²) in [5.74, 6) is 0.180. The fourth-order valence-electron chi connectivity index (χ4n) is 2.56. The van der Waals surface area contributed by atoms with E-state index in [1.54, 1.807) is 49.6 Å². The molecule has 3 aromatic rings. The van der Waals surface area contributed by atoms with Gasteiger partial charge in [-0.2, -0.15) is 0 Å². The van der Waals surface area contributed by atoms with Crippen LogP contribution in [0.25, 0.3) is 0 Å². The van der Waals surface area contributed by atoms with E-state index in [4.69, 9.17) is 15.2 Å². The van der Waals surface area contributed by atoms with Crippen LogP contribution < -0.4 is 25.8 Å². The number of hydrogen-bond donors (Lipinski definition) is 3. The number of aromatic nitrogens is 1. The van der Waals surface area contributed by atoms with Gasteiger partial charge in [-0.25, -0.2) is 4.98 Å². The third kappa shape index (κ3) is 4.64. The molecule has 0 radical (unpaired) electrons. The van der Waals surface area contributed by atoms with Gasteiger partial charge >= 0.3 is 0 Å². The molecule has 0 aliphatic heterocycles. The molecule has 2 amide bonds. The molecule has 8 nitrogen and oxygen atoms in total. The van der Waals surface area contributed by atoms with Crippen molar-refractivity contribution in [1.29, 1.82) is 0 Å². The first-order valence-corrected chi connectivity index (χ1v) is 9.40. The normalized spacial score (nSPS) is 10.3. The molecule has 0 bridgehead atoms. The summed E-state index contributed by atoms with van der Waals surface area (Å²) < 4.78 is 10.4. The quantitative estimate of drug-likeness (QED) is 0.546. The van der Waals surface area contributed by atoms with Gasteiger partial charge in [0, 0.05) is 11.3 Å². The number of methoxy groups -OCH3 is 2. The van der Waals surface area contributed by atoms with Gasteiger partial charge in [-0.05, 0) is 48.9 Å². The molecule has 0 unspecified atom stereocenters. The molecule has 150 valence electrons. The number of primary amides is 1. The van der Waals surface area contributed by atoms with Crippen molar-refractivity contribution in [2.45, 2.75) is 6.92 Å². The van der Waals surface area contributed by atoms with E-state index in [1.165, 1.54) is 7.11 Å². The highest BCUT2D eigenvalue weighted by Gasteiger charge is 2.19. The number of benzene rings is 2. The van der Waals surface area contributed by atoms with E-state index in [1.807, 2.05) is 6.92 Å². The molecule has 0 saturated heterocycles. The number of hydrogen-bond acceptors (Lipinski definition) is 7. The number of amides is 2. The van der Waals surface area contributed by atoms with Gasteiger partial charge in [-0.3, -0.25) is 9.59 Å². The minimum Gasteiger partial charge on any atom is -0.497 e. The molecule has 1 aromatic heterocycles. The lowest BCUT2D eigenvalue weighted by Gasteiger charge is -2.08. The third-order valence-electron chi connectivity index (χ3n) is 4.10. The lowest BCUT2D eigenvalue weighted by Crippen LogP contribution is -2.17. The number of nitrogens with zero attached hydrogens (tertiary/aromatic N) is 1. The highest BCUT2D eigenvalue weighted by Crippen LogP contribution is 2.31. The zero-order valence-electron chi connectivity index (χ0n) is 16.1. The summed E-state index contributed by atoms with van der Waals surface area (Å²) in [6.07, 6.45) is 0. The van der Waals surface area contributed by atoms with Crippen molar-refractivity contribution in [1.82, 2.24) is 4.98 Å². The van der Waals surface area contributed by atoms with E-state index < -0.39 is 11.8 Å². The van der Waals surface area contributed by atoms with E-state index >= 15 is 0 Å². The van der Waals surface area contributed by atoms with Gasteiger partial charge < -0.3 is 25.8 Å². The summed E-state index contributed by atoms with van der Waals surface area (Å²) in [6.45, 7) is 1.88. The Kier molecular flexibility index (Phi) is 5.99. The SMILES string of the molecule is COc1ccc(Nc2nc(C(N)=O)c(NC(=O)c3ccc(C)c(OC)c3)s2)cc1. The van der Waals surface area contributed by atoms with E-state index in [0.29, 0.717) is 22.2 Å². The maximum Gasteiger partial charge on any atom is 0.270 e. The van der Waals surface area contributed by atoms with Gasteiger partial charge in [0.05, 0.1) is 14.2 Å². The summed E-state index contributed by atoms with van der Waals surface area (Å²) >= 11 is 1.11. The van der Waals surface area contributed by atoms with Crippen LogP contribution >= 0.6 is 11.3 Å². The van der Waals surface area contributed by atoms with Crippen LogP contribution in [0.3, 0.4) is 0 Å². The Hall–Kier alpha value is -3.59. The number of carbonyl (C=O) groups excluding carboxylic acids is 2. The van der Waals surface area contributed by atoms with Crippen molar-refractivity contribution in [3.63, 3.8) is 0 Å². The first-order chi connectivity index (χ1) is 13.9. The average Bonchev–Trinajstić information content (AvgIpc) is 3.11. The van der Waals surface area contributed by atoms with E-state index in [-0.39, 0.29) is 10.7 Å². The fourth-order valence-corrected chi connectivity index (χ4v) is 3.45. The van der Waals surface area contributed by atoms with Gasteiger partial charge in [0.25, 0.3) is 11.8 Å². The van der Waals surface area contributed by atoms with Crippen molar-refractivity contribution in [2.75, 3.05) is 24.9 Å². The fraction of sp³-hybridized carbons (Fsp3) is 0.150. The molecule has 0 fully saturated rings. The lowest BCUT2D eigenvalue weighted by atomic mass is 10.1. The van der Waals surface area contributed by atoms with Crippen molar-refractivity contribution < 1.29 is 19.1 Å². The Balaban J connectivity index is 1.82. The van der Waals surface area contributed by atoms with Crippen molar-refractivity contribution in [3.05, 3.63) is 59.3 Å². The van der Waals surface area contributed by atoms with Crippen molar-refractivity contribution >= 4 is 39.0 Å². The molecule has 29 heavy (non-hydrogen) atoms. The molecule has 0 atom stereocenters. The topological polar surface area (TPSA) is 116 Å². The molecule has 0 spiro atoms. The first kappa shape index (κ1) is 20.2. The smallest absolute Gasteiger partial charge is 0.270 e. The molecular formula is C20H20N4O4S. The zero-order chi connectivity index (χ0) is 21.0. The second kappa shape index (κ2) is 8.61. The van der Waals surface area contributed by atoms with Crippen LogP contribution in [0.5, 0.6) is 11.5 Å². The Morgan fingerprint density at radius 3 is 2.41 bits per heavy atom. The minimum atomic E-state index is -0.735. The van der Waals surface area contributed by atoms with E-state index in [2.05, 4.69) is 15.6 Å². The van der Waals surface area contributed by atoms with Crippen LogP contribution in [-0.4, -0.2) is 31.0 Å². The monoisotopic (exact) mass is 412 g/mol. The molecule has 4 N–H and O–H groups in total. The average molecular weight is 412 g/mol. The number of rotatable bonds is 7. The number of nitrogens with two attached hydrogens (primary N) is 1. The predicted octanol–water partition coefficient (Wildman–Crippen LogP) is 3.56. The van der Waals surface area contributed by atoms with E-state index in [9.17, 15) is 9.59 Å². The molecule has 1 heterocycles. The highest BCUT2D eigenvalue weighted by atomic mass is 32.1. The number of ether oxygens (including phenoxy) is 2. The van der Waals surface area contributed by atoms with Gasteiger partial charge in [0.1, 0.15) is 16.5 Å². The van der Waals surface area contributed by atoms with Gasteiger partial charge in [0.2, 0.25) is 0 Å². The lowest BCUT2D eigenvalue weighted by molar-refractivity contribution is 0.0997. The molecular weight excluding hydrogens is 392 g/mol. The van der Waals surface area contributed by atoms with Gasteiger partial charge in [-0.1, -0.05) is 17.4 Å². The van der Waals surface area contributed by atoms with Crippen LogP contribution in [0.2, 0.25) is 0 Å². The summed E-state index contributed by atoms with van der Waals surface area (Å²) in [5, 5.41) is 6.47. The molecule has 3 rings (SSSR count). The predicted molar refractivity (Wildman–Crippen MR) is 113 cm³/mol. The maximum atomic E-state index is 12.6. The molecule has 0 saturated carbocycles. The summed E-state index contributed by atoms with van der Waals surface area (Å²) in [4.78, 5) is 28.6. The maximum absolute atomic E-state index is 12.6. The standard InChI is InChI=1S/C20H20N4O4S/c1-11-4-5-12(10-15(11)28-3)18(26)24-19-16(17(21)25)23-20(29-19)22-13-6-8-14(27-2)9-7-13/h4-10H,1-3H3,(H2,21,25)(H,22,23)(H,24,26). The Morgan fingerprint density at radius 1 is 1.07 bits per heavy atom. The number of thiazole rings is 1. The van der Waals surface area contributed by atoms with Crippen LogP contribution in [-0.2, 0) is 0 Å². The second-order valence-corrected chi connectivity index (χ2v) is 7.05. The second-order valence-electron chi connectivity index (χ2n) is 6.05. The van der Waals surface area contributed by atoms with Crippen LogP contribution in [0.4, 0.5) is 15.8 Å². The zero-order valence-corrected chi connectivity index (χ0v) is 16.9. The Labute approximate surface area is 171 Å². The summed E-state index contributed by atoms with van der Waals surface area (Å²) in [5.41, 5.74) is 7.46. The van der Waals surface area contributed by atoms with Crippen LogP contribution in [0, 0.1) is 6.92 Å². The third-order valence-corrected chi connectivity index (χ3v) is 4.99. The number of anilines is 3. The van der Waals surface area contributed by atoms with Crippen molar-refractivity contribution in [3.8, 4) is 11.5 Å². The summed E-state index contributed by atoms with van der Waals surface area (Å²) in [6, 6.07) is 12.3. The van der Waals surface area contributed by atoms with Gasteiger partial charge in [-0.15, -0.1) is 0 Å². The molecule has 0 aliphatic rings. The number of nitrogens with one attached hydrogen (secondary N) is 2. The Bertz CT molecular complexity index is 1050. The van der Waals surface area contributed by atoms with Crippen molar-refractivity contribution in [2.24, 2.45) is 5.73 Å². The van der Waals surface area contributed by atoms with E-state index in [0.717, 1.165) is 22.6 Å². The minimum absolute atomic E-state index is 0.0153. The van der Waals surface area contributed by atoms with Crippen LogP contribution in [0.1, 0.15) is 26.4 Å². The molecule has 0 aliphatic carbocycles. The summed E-state index contributed by atoms with van der Waals surface area (Å²) in [7, 11) is 3.12. The van der Waals surface area contributed by atoms with Crippen LogP contribution in [0.15, 0.2) is 42.5 Å². The van der Waals surface area contributed by atoms with Gasteiger partial charge in [0.15, 0.2) is 10.8 Å².